The SMILES string of the molecule is Cc1c(C)c2c(c(C)c1O)C(C)(NC(C)C)C(C)(C)O2.Cl. The van der Waals surface area contributed by atoms with Crippen LogP contribution in [0.1, 0.15) is 56.9 Å². The highest BCUT2D eigenvalue weighted by Gasteiger charge is 2.53. The molecule has 2 N–H and O–H groups in total. The van der Waals surface area contributed by atoms with Crippen molar-refractivity contribution in [2.45, 2.75) is 72.6 Å². The number of fused-ring (bicyclic) bond motifs is 1. The highest BCUT2D eigenvalue weighted by Crippen LogP contribution is 2.53. The number of phenolic OH excluding ortho intramolecular Hbond substituents is 1. The van der Waals surface area contributed by atoms with Gasteiger partial charge < -0.3 is 15.2 Å². The third kappa shape index (κ3) is 2.40. The number of ether oxygens (including phenoxy) is 1. The number of rotatable bonds is 2. The second kappa shape index (κ2) is 5.36. The van der Waals surface area contributed by atoms with Gasteiger partial charge in [0.15, 0.2) is 0 Å². The molecule has 0 saturated heterocycles. The summed E-state index contributed by atoms with van der Waals surface area (Å²) < 4.78 is 6.28. The lowest BCUT2D eigenvalue weighted by atomic mass is 9.76. The second-order valence-corrected chi connectivity index (χ2v) is 6.96. The van der Waals surface area contributed by atoms with E-state index in [1.54, 1.807) is 0 Å². The minimum atomic E-state index is -0.366. The van der Waals surface area contributed by atoms with E-state index in [0.29, 0.717) is 11.8 Å². The molecule has 2 rings (SSSR count). The lowest BCUT2D eigenvalue weighted by molar-refractivity contribution is 0.0376. The Kier molecular flexibility index (Phi) is 4.63. The molecule has 1 atom stereocenters. The van der Waals surface area contributed by atoms with Gasteiger partial charge in [-0.1, -0.05) is 0 Å². The van der Waals surface area contributed by atoms with E-state index in [-0.39, 0.29) is 23.5 Å². The van der Waals surface area contributed by atoms with Gasteiger partial charge in [-0.15, -0.1) is 12.4 Å². The van der Waals surface area contributed by atoms with Crippen LogP contribution in [-0.4, -0.2) is 16.7 Å². The molecule has 3 nitrogen and oxygen atoms in total. The van der Waals surface area contributed by atoms with E-state index >= 15 is 0 Å². The zero-order chi connectivity index (χ0) is 15.5. The third-order valence-corrected chi connectivity index (χ3v) is 4.85. The first-order valence-electron chi connectivity index (χ1n) is 7.33. The summed E-state index contributed by atoms with van der Waals surface area (Å²) in [4.78, 5) is 0. The number of nitrogens with one attached hydrogen (secondary N) is 1. The first-order valence-corrected chi connectivity index (χ1v) is 7.33. The van der Waals surface area contributed by atoms with Crippen molar-refractivity contribution in [3.63, 3.8) is 0 Å². The van der Waals surface area contributed by atoms with Crippen molar-refractivity contribution in [1.29, 1.82) is 0 Å². The summed E-state index contributed by atoms with van der Waals surface area (Å²) in [6.45, 7) is 16.6. The van der Waals surface area contributed by atoms with Gasteiger partial charge >= 0.3 is 0 Å². The highest BCUT2D eigenvalue weighted by molar-refractivity contribution is 5.85. The van der Waals surface area contributed by atoms with Gasteiger partial charge in [0.2, 0.25) is 0 Å². The zero-order valence-corrected chi connectivity index (χ0v) is 15.2. The molecule has 0 fully saturated rings. The lowest BCUT2D eigenvalue weighted by Gasteiger charge is -2.40. The molecule has 0 saturated carbocycles. The van der Waals surface area contributed by atoms with Gasteiger partial charge in [-0.25, -0.2) is 0 Å². The molecule has 1 aromatic rings. The third-order valence-electron chi connectivity index (χ3n) is 4.85. The first kappa shape index (κ1) is 18.1. The summed E-state index contributed by atoms with van der Waals surface area (Å²) in [6.07, 6.45) is 0. The van der Waals surface area contributed by atoms with Crippen molar-refractivity contribution >= 4 is 12.4 Å². The maximum absolute atomic E-state index is 10.4. The number of benzene rings is 1. The fourth-order valence-electron chi connectivity index (χ4n) is 3.32. The van der Waals surface area contributed by atoms with E-state index in [1.165, 1.54) is 0 Å². The van der Waals surface area contributed by atoms with Gasteiger partial charge in [0.05, 0.1) is 5.54 Å². The van der Waals surface area contributed by atoms with Gasteiger partial charge in [0, 0.05) is 11.6 Å². The zero-order valence-electron chi connectivity index (χ0n) is 14.3. The summed E-state index contributed by atoms with van der Waals surface area (Å²) in [5.41, 5.74) is 3.27. The molecule has 0 bridgehead atoms. The van der Waals surface area contributed by atoms with Crippen LogP contribution in [0.3, 0.4) is 0 Å². The van der Waals surface area contributed by atoms with Gasteiger partial charge in [-0.2, -0.15) is 0 Å². The van der Waals surface area contributed by atoms with Gasteiger partial charge in [-0.3, -0.25) is 0 Å². The van der Waals surface area contributed by atoms with Crippen LogP contribution in [0.5, 0.6) is 11.5 Å². The highest BCUT2D eigenvalue weighted by atomic mass is 35.5. The minimum absolute atomic E-state index is 0. The maximum Gasteiger partial charge on any atom is 0.129 e. The molecule has 21 heavy (non-hydrogen) atoms. The van der Waals surface area contributed by atoms with Crippen molar-refractivity contribution in [3.05, 3.63) is 22.3 Å². The molecule has 0 spiro atoms. The van der Waals surface area contributed by atoms with Crippen molar-refractivity contribution < 1.29 is 9.84 Å². The smallest absolute Gasteiger partial charge is 0.129 e. The van der Waals surface area contributed by atoms with Crippen LogP contribution in [0.2, 0.25) is 0 Å². The number of halogens is 1. The number of phenols is 1. The fraction of sp³-hybridized carbons (Fsp3) is 0.647. The Morgan fingerprint density at radius 1 is 1.00 bits per heavy atom. The Hall–Kier alpha value is -0.930. The molecular weight excluding hydrogens is 286 g/mol. The van der Waals surface area contributed by atoms with E-state index in [9.17, 15) is 5.11 Å². The Balaban J connectivity index is 0.00000220. The van der Waals surface area contributed by atoms with Crippen molar-refractivity contribution in [1.82, 2.24) is 5.32 Å². The standard InChI is InChI=1S/C17H27NO2.ClH/c1-9(2)18-17(8)13-12(5)14(19)10(3)11(4)15(13)20-16(17,6)7;/h9,18-19H,1-8H3;1H. The molecule has 1 heterocycles. The van der Waals surface area contributed by atoms with Crippen LogP contribution >= 0.6 is 12.4 Å². The molecule has 120 valence electrons. The van der Waals surface area contributed by atoms with Crippen LogP contribution in [0.25, 0.3) is 0 Å². The average molecular weight is 314 g/mol. The summed E-state index contributed by atoms with van der Waals surface area (Å²) in [5.74, 6) is 1.32. The predicted octanol–water partition coefficient (Wildman–Crippen LogP) is 4.12. The van der Waals surface area contributed by atoms with E-state index < -0.39 is 0 Å². The monoisotopic (exact) mass is 313 g/mol. The van der Waals surface area contributed by atoms with Crippen molar-refractivity contribution in [3.8, 4) is 11.5 Å². The number of hydrogen-bond donors (Lipinski definition) is 2. The quantitative estimate of drug-likeness (QED) is 0.863. The molecule has 0 aromatic heterocycles. The van der Waals surface area contributed by atoms with Gasteiger partial charge in [0.25, 0.3) is 0 Å². The Labute approximate surface area is 134 Å². The normalized spacial score (nSPS) is 22.7. The van der Waals surface area contributed by atoms with E-state index in [1.807, 2.05) is 20.8 Å². The van der Waals surface area contributed by atoms with Crippen LogP contribution in [0.15, 0.2) is 0 Å². The molecule has 4 heteroatoms. The maximum atomic E-state index is 10.4. The molecular formula is C17H28ClNO2. The molecule has 1 aliphatic rings. The van der Waals surface area contributed by atoms with Crippen LogP contribution in [0.4, 0.5) is 0 Å². The summed E-state index contributed by atoms with van der Waals surface area (Å²) in [5, 5.41) is 14.0. The molecule has 0 amide bonds. The van der Waals surface area contributed by atoms with Gasteiger partial charge in [-0.05, 0) is 72.1 Å². The molecule has 1 aromatic carbocycles. The number of hydrogen-bond acceptors (Lipinski definition) is 3. The Morgan fingerprint density at radius 3 is 2.00 bits per heavy atom. The summed E-state index contributed by atoms with van der Waals surface area (Å²) in [6, 6.07) is 0.331. The molecule has 1 aliphatic heterocycles. The molecule has 0 aliphatic carbocycles. The van der Waals surface area contributed by atoms with E-state index in [4.69, 9.17) is 4.74 Å². The van der Waals surface area contributed by atoms with Gasteiger partial charge in [0.1, 0.15) is 17.1 Å². The van der Waals surface area contributed by atoms with Crippen molar-refractivity contribution in [2.24, 2.45) is 0 Å². The fourth-order valence-corrected chi connectivity index (χ4v) is 3.32. The topological polar surface area (TPSA) is 41.5 Å². The largest absolute Gasteiger partial charge is 0.507 e. The van der Waals surface area contributed by atoms with Crippen molar-refractivity contribution in [2.75, 3.05) is 0 Å². The minimum Gasteiger partial charge on any atom is -0.507 e. The lowest BCUT2D eigenvalue weighted by Crippen LogP contribution is -2.56. The van der Waals surface area contributed by atoms with E-state index in [2.05, 4.69) is 39.9 Å². The second-order valence-electron chi connectivity index (χ2n) is 6.96. The summed E-state index contributed by atoms with van der Waals surface area (Å²) >= 11 is 0. The molecule has 0 radical (unpaired) electrons. The van der Waals surface area contributed by atoms with Crippen LogP contribution < -0.4 is 10.1 Å². The summed E-state index contributed by atoms with van der Waals surface area (Å²) in [7, 11) is 0. The first-order chi connectivity index (χ1) is 9.03. The predicted molar refractivity (Wildman–Crippen MR) is 89.9 cm³/mol. The Bertz CT molecular complexity index is 567. The van der Waals surface area contributed by atoms with Crippen LogP contribution in [0, 0.1) is 20.8 Å². The Morgan fingerprint density at radius 2 is 1.52 bits per heavy atom. The van der Waals surface area contributed by atoms with Crippen LogP contribution in [-0.2, 0) is 5.54 Å². The number of aromatic hydroxyl groups is 1. The average Bonchev–Trinajstić information content (AvgIpc) is 2.51. The molecule has 1 unspecified atom stereocenters. The van der Waals surface area contributed by atoms with E-state index in [0.717, 1.165) is 28.0 Å².